The van der Waals surface area contributed by atoms with Gasteiger partial charge in [0.1, 0.15) is 4.90 Å². The molecule has 2 aliphatic rings. The van der Waals surface area contributed by atoms with Gasteiger partial charge >= 0.3 is 0 Å². The van der Waals surface area contributed by atoms with Gasteiger partial charge in [-0.25, -0.2) is 8.42 Å². The smallest absolute Gasteiger partial charge is 0.246 e. The minimum absolute atomic E-state index is 0.237. The summed E-state index contributed by atoms with van der Waals surface area (Å²) in [5, 5.41) is 6.28. The van der Waals surface area contributed by atoms with E-state index in [1.54, 1.807) is 4.31 Å². The molecule has 16 heavy (non-hydrogen) atoms. The van der Waals surface area contributed by atoms with E-state index in [-0.39, 0.29) is 6.04 Å². The number of aromatic nitrogens is 2. The number of aromatic amines is 1. The van der Waals surface area contributed by atoms with E-state index in [0.29, 0.717) is 17.4 Å². The fraction of sp³-hybridized carbons (Fsp3) is 0.700. The van der Waals surface area contributed by atoms with Crippen LogP contribution in [-0.4, -0.2) is 35.5 Å². The molecule has 0 spiro atoms. The molecule has 0 bridgehead atoms. The van der Waals surface area contributed by atoms with E-state index in [9.17, 15) is 8.42 Å². The molecule has 5 nitrogen and oxygen atoms in total. The number of nitrogens with one attached hydrogen (secondary N) is 1. The lowest BCUT2D eigenvalue weighted by Crippen LogP contribution is -2.34. The highest BCUT2D eigenvalue weighted by Gasteiger charge is 2.41. The van der Waals surface area contributed by atoms with Crippen LogP contribution in [-0.2, 0) is 10.0 Å². The van der Waals surface area contributed by atoms with Crippen molar-refractivity contribution >= 4 is 10.0 Å². The van der Waals surface area contributed by atoms with Gasteiger partial charge in [-0.2, -0.15) is 9.40 Å². The normalized spacial score (nSPS) is 21.6. The predicted molar refractivity (Wildman–Crippen MR) is 58.2 cm³/mol. The third kappa shape index (κ3) is 1.87. The Bertz CT molecular complexity index is 460. The molecule has 0 aliphatic heterocycles. The first-order valence-corrected chi connectivity index (χ1v) is 7.12. The Balaban J connectivity index is 1.86. The third-order valence-corrected chi connectivity index (χ3v) is 5.05. The zero-order valence-corrected chi connectivity index (χ0v) is 9.78. The highest BCUT2D eigenvalue weighted by atomic mass is 32.2. The fourth-order valence-electron chi connectivity index (χ4n) is 1.88. The van der Waals surface area contributed by atoms with Crippen molar-refractivity contribution in [3.05, 3.63) is 12.4 Å². The van der Waals surface area contributed by atoms with E-state index in [0.717, 1.165) is 12.8 Å². The summed E-state index contributed by atoms with van der Waals surface area (Å²) < 4.78 is 26.3. The Hall–Kier alpha value is -0.880. The lowest BCUT2D eigenvalue weighted by Gasteiger charge is -2.20. The van der Waals surface area contributed by atoms with E-state index in [1.165, 1.54) is 25.2 Å². The van der Waals surface area contributed by atoms with Gasteiger partial charge in [0.05, 0.1) is 6.20 Å². The second kappa shape index (κ2) is 3.56. The number of hydrogen-bond acceptors (Lipinski definition) is 3. The van der Waals surface area contributed by atoms with Gasteiger partial charge in [0.25, 0.3) is 0 Å². The molecule has 2 fully saturated rings. The largest absolute Gasteiger partial charge is 0.284 e. The van der Waals surface area contributed by atoms with Crippen molar-refractivity contribution in [3.63, 3.8) is 0 Å². The summed E-state index contributed by atoms with van der Waals surface area (Å²) in [5.74, 6) is 0.585. The lowest BCUT2D eigenvalue weighted by molar-refractivity contribution is 0.389. The van der Waals surface area contributed by atoms with Crippen molar-refractivity contribution in [2.45, 2.75) is 36.6 Å². The first-order chi connectivity index (χ1) is 7.68. The van der Waals surface area contributed by atoms with Crippen molar-refractivity contribution in [2.75, 3.05) is 6.54 Å². The molecule has 0 unspecified atom stereocenters. The summed E-state index contributed by atoms with van der Waals surface area (Å²) in [6, 6.07) is 0.237. The molecular formula is C10H15N3O2S. The van der Waals surface area contributed by atoms with Crippen LogP contribution >= 0.6 is 0 Å². The van der Waals surface area contributed by atoms with E-state index < -0.39 is 10.0 Å². The Morgan fingerprint density at radius 1 is 1.38 bits per heavy atom. The average Bonchev–Trinajstić information content (AvgIpc) is 3.15. The van der Waals surface area contributed by atoms with Crippen LogP contribution in [0.15, 0.2) is 17.3 Å². The Kier molecular flexibility index (Phi) is 2.29. The van der Waals surface area contributed by atoms with Gasteiger partial charge in [-0.05, 0) is 31.6 Å². The van der Waals surface area contributed by atoms with E-state index in [1.807, 2.05) is 0 Å². The second-order valence-electron chi connectivity index (χ2n) is 4.68. The van der Waals surface area contributed by atoms with Crippen LogP contribution in [0.1, 0.15) is 25.7 Å². The van der Waals surface area contributed by atoms with Crippen LogP contribution in [0.25, 0.3) is 0 Å². The maximum atomic E-state index is 12.3. The molecule has 2 saturated carbocycles. The quantitative estimate of drug-likeness (QED) is 0.835. The Morgan fingerprint density at radius 2 is 2.12 bits per heavy atom. The summed E-state index contributed by atoms with van der Waals surface area (Å²) >= 11 is 0. The van der Waals surface area contributed by atoms with Crippen LogP contribution in [0.4, 0.5) is 0 Å². The number of sulfonamides is 1. The van der Waals surface area contributed by atoms with Gasteiger partial charge in [-0.1, -0.05) is 0 Å². The SMILES string of the molecule is O=S(=O)(c1cn[nH]c1)N(CC1CC1)C1CC1. The van der Waals surface area contributed by atoms with Crippen LogP contribution in [0, 0.1) is 5.92 Å². The highest BCUT2D eigenvalue weighted by Crippen LogP contribution is 2.37. The van der Waals surface area contributed by atoms with Crippen molar-refractivity contribution in [3.8, 4) is 0 Å². The monoisotopic (exact) mass is 241 g/mol. The lowest BCUT2D eigenvalue weighted by atomic mass is 10.4. The van der Waals surface area contributed by atoms with E-state index in [4.69, 9.17) is 0 Å². The molecule has 1 aromatic heterocycles. The molecule has 1 N–H and O–H groups in total. The summed E-state index contributed by atoms with van der Waals surface area (Å²) in [6.45, 7) is 0.693. The average molecular weight is 241 g/mol. The molecule has 1 aromatic rings. The van der Waals surface area contributed by atoms with E-state index in [2.05, 4.69) is 10.2 Å². The topological polar surface area (TPSA) is 66.1 Å². The first kappa shape index (κ1) is 10.3. The van der Waals surface area contributed by atoms with Gasteiger partial charge in [-0.3, -0.25) is 5.10 Å². The van der Waals surface area contributed by atoms with Gasteiger partial charge in [0.15, 0.2) is 0 Å². The van der Waals surface area contributed by atoms with Crippen LogP contribution in [0.5, 0.6) is 0 Å². The standard InChI is InChI=1S/C10H15N3O2S/c14-16(15,10-5-11-12-6-10)13(9-3-4-9)7-8-1-2-8/h5-6,8-9H,1-4,7H2,(H,11,12). The first-order valence-electron chi connectivity index (χ1n) is 5.68. The molecule has 3 rings (SSSR count). The molecule has 6 heteroatoms. The number of rotatable bonds is 5. The highest BCUT2D eigenvalue weighted by molar-refractivity contribution is 7.89. The van der Waals surface area contributed by atoms with Crippen LogP contribution < -0.4 is 0 Å². The van der Waals surface area contributed by atoms with Gasteiger partial charge in [-0.15, -0.1) is 0 Å². The Morgan fingerprint density at radius 3 is 2.62 bits per heavy atom. The van der Waals surface area contributed by atoms with Gasteiger partial charge in [0, 0.05) is 18.8 Å². The summed E-state index contributed by atoms with van der Waals surface area (Å²) in [7, 11) is -3.31. The fourth-order valence-corrected chi connectivity index (χ4v) is 3.55. The van der Waals surface area contributed by atoms with Crippen molar-refractivity contribution in [1.29, 1.82) is 0 Å². The van der Waals surface area contributed by atoms with Crippen LogP contribution in [0.2, 0.25) is 0 Å². The molecule has 88 valence electrons. The molecule has 0 amide bonds. The maximum absolute atomic E-state index is 12.3. The summed E-state index contributed by atoms with van der Waals surface area (Å²) in [6.07, 6.45) is 7.19. The van der Waals surface area contributed by atoms with Crippen molar-refractivity contribution < 1.29 is 8.42 Å². The minimum atomic E-state index is -3.31. The zero-order chi connectivity index (χ0) is 11.2. The molecule has 0 saturated heterocycles. The van der Waals surface area contributed by atoms with E-state index >= 15 is 0 Å². The second-order valence-corrected chi connectivity index (χ2v) is 6.57. The van der Waals surface area contributed by atoms with Gasteiger partial charge < -0.3 is 0 Å². The number of H-pyrrole nitrogens is 1. The minimum Gasteiger partial charge on any atom is -0.284 e. The number of hydrogen-bond donors (Lipinski definition) is 1. The molecule has 0 atom stereocenters. The van der Waals surface area contributed by atoms with Crippen molar-refractivity contribution in [1.82, 2.24) is 14.5 Å². The third-order valence-electron chi connectivity index (χ3n) is 3.17. The predicted octanol–water partition coefficient (Wildman–Crippen LogP) is 0.973. The number of nitrogens with zero attached hydrogens (tertiary/aromatic N) is 2. The zero-order valence-electron chi connectivity index (χ0n) is 8.96. The summed E-state index contributed by atoms with van der Waals surface area (Å²) in [5.41, 5.74) is 0. The molecule has 0 radical (unpaired) electrons. The van der Waals surface area contributed by atoms with Crippen molar-refractivity contribution in [2.24, 2.45) is 5.92 Å². The summed E-state index contributed by atoms with van der Waals surface area (Å²) in [4.78, 5) is 0.292. The van der Waals surface area contributed by atoms with Gasteiger partial charge in [0.2, 0.25) is 10.0 Å². The molecule has 2 aliphatic carbocycles. The Labute approximate surface area is 94.9 Å². The molecular weight excluding hydrogens is 226 g/mol. The molecule has 1 heterocycles. The molecule has 0 aromatic carbocycles. The van der Waals surface area contributed by atoms with Crippen LogP contribution in [0.3, 0.4) is 0 Å². The maximum Gasteiger partial charge on any atom is 0.246 e.